The van der Waals surface area contributed by atoms with Crippen molar-refractivity contribution in [1.82, 2.24) is 19.7 Å². The Hall–Kier alpha value is -1.01. The van der Waals surface area contributed by atoms with Gasteiger partial charge in [0.15, 0.2) is 10.8 Å². The van der Waals surface area contributed by atoms with Gasteiger partial charge < -0.3 is 5.73 Å². The van der Waals surface area contributed by atoms with Gasteiger partial charge in [-0.3, -0.25) is 0 Å². The molecule has 16 heavy (non-hydrogen) atoms. The van der Waals surface area contributed by atoms with Crippen molar-refractivity contribution in [1.29, 1.82) is 0 Å². The molecule has 0 unspecified atom stereocenters. The van der Waals surface area contributed by atoms with Crippen LogP contribution in [0.15, 0.2) is 11.4 Å². The average molecular weight is 260 g/mol. The minimum Gasteiger partial charge on any atom is -0.383 e. The zero-order valence-corrected chi connectivity index (χ0v) is 10.8. The number of rotatable bonds is 3. The van der Waals surface area contributed by atoms with E-state index in [1.54, 1.807) is 6.20 Å². The monoisotopic (exact) mass is 259 g/mol. The minimum atomic E-state index is 0. The van der Waals surface area contributed by atoms with Crippen LogP contribution in [0.25, 0.3) is 11.0 Å². The number of fused-ring (bicyclic) bond motifs is 1. The number of nitrogens with two attached hydrogens (primary N) is 1. The first-order valence-corrected chi connectivity index (χ1v) is 6.01. The highest BCUT2D eigenvalue weighted by atomic mass is 35.5. The molecule has 5 nitrogen and oxygen atoms in total. The lowest BCUT2D eigenvalue weighted by molar-refractivity contribution is 0.615. The molecule has 0 bridgehead atoms. The van der Waals surface area contributed by atoms with Crippen molar-refractivity contribution in [3.05, 3.63) is 6.20 Å². The van der Waals surface area contributed by atoms with E-state index in [1.807, 2.05) is 10.9 Å². The summed E-state index contributed by atoms with van der Waals surface area (Å²) < 4.78 is 1.87. The molecule has 0 aliphatic rings. The van der Waals surface area contributed by atoms with Crippen LogP contribution in [0.2, 0.25) is 0 Å². The highest BCUT2D eigenvalue weighted by molar-refractivity contribution is 7.98. The van der Waals surface area contributed by atoms with Gasteiger partial charge in [-0.05, 0) is 12.7 Å². The third kappa shape index (κ3) is 2.22. The fourth-order valence-electron chi connectivity index (χ4n) is 1.42. The molecule has 0 atom stereocenters. The highest BCUT2D eigenvalue weighted by Gasteiger charge is 2.09. The van der Waals surface area contributed by atoms with Gasteiger partial charge in [0.2, 0.25) is 0 Å². The average Bonchev–Trinajstić information content (AvgIpc) is 2.63. The van der Waals surface area contributed by atoms with Crippen LogP contribution in [0.5, 0.6) is 0 Å². The summed E-state index contributed by atoms with van der Waals surface area (Å²) in [5, 5.41) is 5.77. The molecule has 0 saturated heterocycles. The standard InChI is InChI=1S/C9H13N5S.ClH/c1-3-4-14-8-6(5-11-14)7(10)12-9(13-8)15-2;/h5H,3-4H2,1-2H3,(H2,10,12,13);1H. The Labute approximate surface area is 104 Å². The number of aryl methyl sites for hydroxylation is 1. The Bertz CT molecular complexity index is 484. The number of hydrogen-bond donors (Lipinski definition) is 1. The van der Waals surface area contributed by atoms with Gasteiger partial charge in [0.05, 0.1) is 11.6 Å². The van der Waals surface area contributed by atoms with Crippen LogP contribution in [-0.4, -0.2) is 26.0 Å². The van der Waals surface area contributed by atoms with E-state index in [4.69, 9.17) is 5.73 Å². The van der Waals surface area contributed by atoms with Gasteiger partial charge in [-0.1, -0.05) is 18.7 Å². The lowest BCUT2D eigenvalue weighted by Gasteiger charge is -2.02. The van der Waals surface area contributed by atoms with Crippen LogP contribution < -0.4 is 5.73 Å². The number of aromatic nitrogens is 4. The molecule has 0 saturated carbocycles. The summed E-state index contributed by atoms with van der Waals surface area (Å²) in [6.45, 7) is 2.96. The fraction of sp³-hybridized carbons (Fsp3) is 0.444. The van der Waals surface area contributed by atoms with Crippen molar-refractivity contribution in [2.24, 2.45) is 0 Å². The Morgan fingerprint density at radius 1 is 1.44 bits per heavy atom. The predicted octanol–water partition coefficient (Wildman–Crippen LogP) is 1.96. The van der Waals surface area contributed by atoms with Gasteiger partial charge in [-0.2, -0.15) is 5.10 Å². The molecule has 7 heteroatoms. The number of anilines is 1. The maximum Gasteiger partial charge on any atom is 0.191 e. The van der Waals surface area contributed by atoms with E-state index in [9.17, 15) is 0 Å². The van der Waals surface area contributed by atoms with E-state index in [-0.39, 0.29) is 12.4 Å². The molecule has 2 aromatic heterocycles. The molecule has 88 valence electrons. The molecule has 2 N–H and O–H groups in total. The molecule has 0 aliphatic carbocycles. The zero-order valence-electron chi connectivity index (χ0n) is 9.17. The number of hydrogen-bond acceptors (Lipinski definition) is 5. The van der Waals surface area contributed by atoms with E-state index in [0.717, 1.165) is 24.0 Å². The Balaban J connectivity index is 0.00000128. The second-order valence-electron chi connectivity index (χ2n) is 3.20. The van der Waals surface area contributed by atoms with Gasteiger partial charge in [0.1, 0.15) is 5.82 Å². The minimum absolute atomic E-state index is 0. The summed E-state index contributed by atoms with van der Waals surface area (Å²) in [4.78, 5) is 8.57. The van der Waals surface area contributed by atoms with E-state index in [2.05, 4.69) is 22.0 Å². The molecule has 0 aliphatic heterocycles. The van der Waals surface area contributed by atoms with Gasteiger partial charge in [0.25, 0.3) is 0 Å². The number of nitrogen functional groups attached to an aromatic ring is 1. The van der Waals surface area contributed by atoms with E-state index < -0.39 is 0 Å². The van der Waals surface area contributed by atoms with Crippen LogP contribution in [-0.2, 0) is 6.54 Å². The van der Waals surface area contributed by atoms with Crippen molar-refractivity contribution in [2.75, 3.05) is 12.0 Å². The molecule has 0 fully saturated rings. The third-order valence-electron chi connectivity index (χ3n) is 2.12. The molecule has 0 aromatic carbocycles. The van der Waals surface area contributed by atoms with E-state index in [1.165, 1.54) is 11.8 Å². The Kier molecular flexibility index (Phi) is 4.37. The molecule has 0 radical (unpaired) electrons. The maximum atomic E-state index is 5.82. The molecule has 2 heterocycles. The molecule has 0 spiro atoms. The van der Waals surface area contributed by atoms with Crippen LogP contribution in [0, 0.1) is 0 Å². The SMILES string of the molecule is CCCn1ncc2c(N)nc(SC)nc21.Cl. The molecular formula is C9H14ClN5S. The quantitative estimate of drug-likeness (QED) is 0.674. The summed E-state index contributed by atoms with van der Waals surface area (Å²) in [7, 11) is 0. The zero-order chi connectivity index (χ0) is 10.8. The van der Waals surface area contributed by atoms with Crippen LogP contribution in [0.4, 0.5) is 5.82 Å². The summed E-state index contributed by atoms with van der Waals surface area (Å²) in [5.41, 5.74) is 6.65. The van der Waals surface area contributed by atoms with Crippen LogP contribution >= 0.6 is 24.2 Å². The summed E-state index contributed by atoms with van der Waals surface area (Å²) in [6, 6.07) is 0. The second-order valence-corrected chi connectivity index (χ2v) is 3.97. The topological polar surface area (TPSA) is 69.6 Å². The molecule has 2 aromatic rings. The number of thioether (sulfide) groups is 1. The smallest absolute Gasteiger partial charge is 0.191 e. The van der Waals surface area contributed by atoms with E-state index >= 15 is 0 Å². The third-order valence-corrected chi connectivity index (χ3v) is 2.67. The second kappa shape index (κ2) is 5.36. The lowest BCUT2D eigenvalue weighted by Crippen LogP contribution is -2.02. The first-order valence-electron chi connectivity index (χ1n) is 4.79. The number of nitrogens with zero attached hydrogens (tertiary/aromatic N) is 4. The Morgan fingerprint density at radius 3 is 2.81 bits per heavy atom. The van der Waals surface area contributed by atoms with Gasteiger partial charge in [0, 0.05) is 6.54 Å². The van der Waals surface area contributed by atoms with Gasteiger partial charge in [-0.25, -0.2) is 14.6 Å². The van der Waals surface area contributed by atoms with Crippen molar-refractivity contribution < 1.29 is 0 Å². The van der Waals surface area contributed by atoms with Crippen molar-refractivity contribution in [3.8, 4) is 0 Å². The lowest BCUT2D eigenvalue weighted by atomic mass is 10.4. The van der Waals surface area contributed by atoms with Crippen LogP contribution in [0.1, 0.15) is 13.3 Å². The fourth-order valence-corrected chi connectivity index (χ4v) is 1.79. The van der Waals surface area contributed by atoms with E-state index in [0.29, 0.717) is 11.0 Å². The normalized spacial score (nSPS) is 10.4. The van der Waals surface area contributed by atoms with Crippen molar-refractivity contribution in [3.63, 3.8) is 0 Å². The molecule has 2 rings (SSSR count). The summed E-state index contributed by atoms with van der Waals surface area (Å²) in [5.74, 6) is 0.506. The van der Waals surface area contributed by atoms with Crippen molar-refractivity contribution in [2.45, 2.75) is 25.0 Å². The Morgan fingerprint density at radius 2 is 2.19 bits per heavy atom. The molecular weight excluding hydrogens is 246 g/mol. The number of halogens is 1. The largest absolute Gasteiger partial charge is 0.383 e. The maximum absolute atomic E-state index is 5.82. The predicted molar refractivity (Wildman–Crippen MR) is 69.1 cm³/mol. The van der Waals surface area contributed by atoms with Crippen LogP contribution in [0.3, 0.4) is 0 Å². The highest BCUT2D eigenvalue weighted by Crippen LogP contribution is 2.20. The molecule has 0 amide bonds. The van der Waals surface area contributed by atoms with Crippen molar-refractivity contribution >= 4 is 41.0 Å². The first kappa shape index (κ1) is 13.1. The van der Waals surface area contributed by atoms with Gasteiger partial charge >= 0.3 is 0 Å². The first-order chi connectivity index (χ1) is 7.26. The summed E-state index contributed by atoms with van der Waals surface area (Å²) in [6.07, 6.45) is 4.68. The summed E-state index contributed by atoms with van der Waals surface area (Å²) >= 11 is 1.48. The van der Waals surface area contributed by atoms with Gasteiger partial charge in [-0.15, -0.1) is 12.4 Å².